The summed E-state index contributed by atoms with van der Waals surface area (Å²) in [6.07, 6.45) is 3.27. The summed E-state index contributed by atoms with van der Waals surface area (Å²) in [5.74, 6) is 0.735. The van der Waals surface area contributed by atoms with E-state index in [-0.39, 0.29) is 18.1 Å². The molecule has 0 bridgehead atoms. The van der Waals surface area contributed by atoms with Gasteiger partial charge in [0.1, 0.15) is 11.0 Å². The number of hydrogen-bond acceptors (Lipinski definition) is 3. The molecule has 21 heavy (non-hydrogen) atoms. The first-order valence-electron chi connectivity index (χ1n) is 7.03. The topological polar surface area (TPSA) is 70.4 Å². The number of amides is 2. The van der Waals surface area contributed by atoms with Crippen LogP contribution in [0.5, 0.6) is 0 Å². The molecule has 1 heterocycles. The number of urea groups is 1. The Morgan fingerprint density at radius 3 is 2.76 bits per heavy atom. The van der Waals surface area contributed by atoms with Gasteiger partial charge in [0.2, 0.25) is 0 Å². The fourth-order valence-corrected chi connectivity index (χ4v) is 1.98. The highest BCUT2D eigenvalue weighted by molar-refractivity contribution is 6.29. The van der Waals surface area contributed by atoms with Crippen molar-refractivity contribution in [1.82, 2.24) is 19.8 Å². The molecule has 0 aromatic carbocycles. The zero-order chi connectivity index (χ0) is 16.0. The second-order valence-electron chi connectivity index (χ2n) is 6.07. The highest BCUT2D eigenvalue weighted by Gasteiger charge is 2.16. The van der Waals surface area contributed by atoms with Crippen molar-refractivity contribution < 1.29 is 9.90 Å². The average Bonchev–Trinajstić information content (AvgIpc) is 2.75. The predicted molar refractivity (Wildman–Crippen MR) is 83.2 cm³/mol. The Kier molecular flexibility index (Phi) is 6.48. The zero-order valence-corrected chi connectivity index (χ0v) is 13.9. The number of carbonyl (C=O) groups excluding carboxylic acids is 1. The van der Waals surface area contributed by atoms with Gasteiger partial charge >= 0.3 is 6.03 Å². The molecule has 2 amide bonds. The van der Waals surface area contributed by atoms with Gasteiger partial charge in [-0.25, -0.2) is 9.78 Å². The molecule has 0 saturated carbocycles. The molecule has 1 rings (SSSR count). The van der Waals surface area contributed by atoms with E-state index in [1.807, 2.05) is 20.9 Å². The highest BCUT2D eigenvalue weighted by Crippen LogP contribution is 2.20. The number of aromatic nitrogens is 2. The lowest BCUT2D eigenvalue weighted by molar-refractivity contribution is 0.147. The smallest absolute Gasteiger partial charge is 0.317 e. The second-order valence-corrected chi connectivity index (χ2v) is 6.46. The fourth-order valence-electron chi connectivity index (χ4n) is 1.83. The van der Waals surface area contributed by atoms with Crippen molar-refractivity contribution in [2.75, 3.05) is 20.2 Å². The summed E-state index contributed by atoms with van der Waals surface area (Å²) in [4.78, 5) is 17.7. The van der Waals surface area contributed by atoms with Crippen LogP contribution in [0.1, 0.15) is 32.5 Å². The van der Waals surface area contributed by atoms with Gasteiger partial charge in [-0.05, 0) is 18.3 Å². The number of nitrogens with zero attached hydrogens (tertiary/aromatic N) is 3. The van der Waals surface area contributed by atoms with Crippen LogP contribution in [0.2, 0.25) is 5.15 Å². The van der Waals surface area contributed by atoms with Crippen LogP contribution in [-0.2, 0) is 13.6 Å². The van der Waals surface area contributed by atoms with Gasteiger partial charge in [-0.3, -0.25) is 0 Å². The first-order valence-corrected chi connectivity index (χ1v) is 7.40. The lowest BCUT2D eigenvalue weighted by atomic mass is 9.89. The quantitative estimate of drug-likeness (QED) is 0.756. The summed E-state index contributed by atoms with van der Waals surface area (Å²) in [7, 11) is 3.53. The molecule has 0 saturated heterocycles. The van der Waals surface area contributed by atoms with E-state index < -0.39 is 0 Å². The maximum Gasteiger partial charge on any atom is 0.317 e. The van der Waals surface area contributed by atoms with Crippen molar-refractivity contribution in [2.45, 2.75) is 33.2 Å². The minimum atomic E-state index is -0.143. The Morgan fingerprint density at radius 2 is 2.24 bits per heavy atom. The van der Waals surface area contributed by atoms with E-state index in [2.05, 4.69) is 10.3 Å². The van der Waals surface area contributed by atoms with Gasteiger partial charge < -0.3 is 19.9 Å². The molecule has 6 nitrogen and oxygen atoms in total. The molecule has 0 unspecified atom stereocenters. The van der Waals surface area contributed by atoms with Gasteiger partial charge in [-0.1, -0.05) is 25.4 Å². The Labute approximate surface area is 131 Å². The summed E-state index contributed by atoms with van der Waals surface area (Å²) >= 11 is 5.91. The van der Waals surface area contributed by atoms with Crippen LogP contribution in [0, 0.1) is 5.41 Å². The van der Waals surface area contributed by atoms with Gasteiger partial charge in [0, 0.05) is 27.2 Å². The molecule has 2 N–H and O–H groups in total. The Balaban J connectivity index is 2.33. The minimum Gasteiger partial charge on any atom is -0.396 e. The molecule has 7 heteroatoms. The molecule has 0 radical (unpaired) electrons. The van der Waals surface area contributed by atoms with Gasteiger partial charge in [-0.15, -0.1) is 0 Å². The average molecular weight is 317 g/mol. The van der Waals surface area contributed by atoms with Gasteiger partial charge in [-0.2, -0.15) is 0 Å². The van der Waals surface area contributed by atoms with Crippen LogP contribution >= 0.6 is 11.6 Å². The van der Waals surface area contributed by atoms with Crippen molar-refractivity contribution >= 4 is 17.6 Å². The molecule has 0 aliphatic rings. The number of halogens is 1. The summed E-state index contributed by atoms with van der Waals surface area (Å²) in [5.41, 5.74) is -0.0969. The van der Waals surface area contributed by atoms with Crippen molar-refractivity contribution in [3.8, 4) is 0 Å². The Hall–Kier alpha value is -1.27. The summed E-state index contributed by atoms with van der Waals surface area (Å²) in [5, 5.41) is 12.6. The van der Waals surface area contributed by atoms with Crippen LogP contribution in [0.4, 0.5) is 4.79 Å². The fraction of sp³-hybridized carbons (Fsp3) is 0.714. The highest BCUT2D eigenvalue weighted by atomic mass is 35.5. The third-order valence-electron chi connectivity index (χ3n) is 3.49. The first kappa shape index (κ1) is 17.8. The molecule has 0 fully saturated rings. The Bertz CT molecular complexity index is 474. The van der Waals surface area contributed by atoms with Crippen LogP contribution in [0.25, 0.3) is 0 Å². The van der Waals surface area contributed by atoms with Crippen LogP contribution in [0.3, 0.4) is 0 Å². The minimum absolute atomic E-state index is 0.0969. The normalized spacial score (nSPS) is 11.5. The van der Waals surface area contributed by atoms with E-state index in [0.29, 0.717) is 18.2 Å². The van der Waals surface area contributed by atoms with Crippen LogP contribution in [-0.4, -0.2) is 45.8 Å². The summed E-state index contributed by atoms with van der Waals surface area (Å²) < 4.78 is 1.75. The van der Waals surface area contributed by atoms with E-state index in [1.54, 1.807) is 22.7 Å². The number of nitrogens with one attached hydrogen (secondary N) is 1. The molecule has 0 aliphatic carbocycles. The van der Waals surface area contributed by atoms with E-state index in [9.17, 15) is 4.79 Å². The molecule has 0 atom stereocenters. The number of hydrogen-bond donors (Lipinski definition) is 2. The number of imidazole rings is 1. The Morgan fingerprint density at radius 1 is 1.57 bits per heavy atom. The molecular weight excluding hydrogens is 292 g/mol. The number of carbonyl (C=O) groups is 1. The van der Waals surface area contributed by atoms with Crippen molar-refractivity contribution in [3.63, 3.8) is 0 Å². The molecule has 120 valence electrons. The lowest BCUT2D eigenvalue weighted by Gasteiger charge is -2.22. The molecule has 0 aliphatic heterocycles. The lowest BCUT2D eigenvalue weighted by Crippen LogP contribution is -2.38. The third-order valence-corrected chi connectivity index (χ3v) is 3.84. The third kappa shape index (κ3) is 5.55. The first-order chi connectivity index (χ1) is 9.76. The number of aliphatic hydroxyl groups excluding tert-OH is 1. The largest absolute Gasteiger partial charge is 0.396 e. The number of aliphatic hydroxyl groups is 1. The maximum absolute atomic E-state index is 12.0. The summed E-state index contributed by atoms with van der Waals surface area (Å²) in [6, 6.07) is -0.143. The van der Waals surface area contributed by atoms with Crippen LogP contribution < -0.4 is 5.32 Å². The number of rotatable bonds is 7. The van der Waals surface area contributed by atoms with Gasteiger partial charge in [0.05, 0.1) is 12.7 Å². The standard InChI is InChI=1S/C14H25ClN4O2/c1-14(2,10-20)6-5-7-16-13(21)18(3)9-12-17-8-11(15)19(12)4/h8,20H,5-7,9-10H2,1-4H3,(H,16,21). The summed E-state index contributed by atoms with van der Waals surface area (Å²) in [6.45, 7) is 5.16. The molecule has 1 aromatic heterocycles. The van der Waals surface area contributed by atoms with Crippen molar-refractivity contribution in [3.05, 3.63) is 17.2 Å². The van der Waals surface area contributed by atoms with E-state index in [0.717, 1.165) is 18.7 Å². The monoisotopic (exact) mass is 316 g/mol. The zero-order valence-electron chi connectivity index (χ0n) is 13.2. The maximum atomic E-state index is 12.0. The SMILES string of the molecule is CN(Cc1ncc(Cl)n1C)C(=O)NCCCC(C)(C)CO. The second kappa shape index (κ2) is 7.66. The van der Waals surface area contributed by atoms with E-state index in [4.69, 9.17) is 16.7 Å². The van der Waals surface area contributed by atoms with Crippen LogP contribution in [0.15, 0.2) is 6.20 Å². The van der Waals surface area contributed by atoms with Gasteiger partial charge in [0.25, 0.3) is 0 Å². The molecular formula is C14H25ClN4O2. The van der Waals surface area contributed by atoms with E-state index in [1.165, 1.54) is 0 Å². The van der Waals surface area contributed by atoms with E-state index >= 15 is 0 Å². The molecule has 0 spiro atoms. The van der Waals surface area contributed by atoms with Crippen molar-refractivity contribution in [2.24, 2.45) is 12.5 Å². The predicted octanol–water partition coefficient (Wildman–Crippen LogP) is 2.01. The van der Waals surface area contributed by atoms with Crippen molar-refractivity contribution in [1.29, 1.82) is 0 Å². The molecule has 1 aromatic rings. The van der Waals surface area contributed by atoms with Gasteiger partial charge in [0.15, 0.2) is 0 Å².